The molecule has 1 aromatic heterocycles. The zero-order valence-electron chi connectivity index (χ0n) is 20.6. The number of hydrogen-bond acceptors (Lipinski definition) is 4. The quantitative estimate of drug-likeness (QED) is 0.401. The van der Waals surface area contributed by atoms with Crippen molar-refractivity contribution in [3.63, 3.8) is 0 Å². The number of amides is 3. The molecule has 1 saturated heterocycles. The summed E-state index contributed by atoms with van der Waals surface area (Å²) < 4.78 is 0. The summed E-state index contributed by atoms with van der Waals surface area (Å²) in [5.74, 6) is -0.724. The smallest absolute Gasteiger partial charge is 0.246 e. The maximum atomic E-state index is 13.0. The van der Waals surface area contributed by atoms with Gasteiger partial charge in [0.15, 0.2) is 0 Å². The minimum atomic E-state index is -0.611. The number of nitrogens with one attached hydrogen (secondary N) is 3. The first-order valence-corrected chi connectivity index (χ1v) is 11.7. The van der Waals surface area contributed by atoms with Crippen molar-refractivity contribution in [2.75, 3.05) is 13.1 Å². The van der Waals surface area contributed by atoms with Gasteiger partial charge in [0.1, 0.15) is 12.1 Å². The summed E-state index contributed by atoms with van der Waals surface area (Å²) in [5.41, 5.74) is 8.88. The number of rotatable bonds is 10. The van der Waals surface area contributed by atoms with Crippen LogP contribution in [0.4, 0.5) is 0 Å². The fourth-order valence-corrected chi connectivity index (χ4v) is 4.00. The third-order valence-electron chi connectivity index (χ3n) is 6.04. The first kappa shape index (κ1) is 28.2. The Kier molecular flexibility index (Phi) is 12.2. The molecule has 2 rings (SSSR count). The lowest BCUT2D eigenvalue weighted by Gasteiger charge is -2.42. The lowest BCUT2D eigenvalue weighted by atomic mass is 9.92. The van der Waals surface area contributed by atoms with Gasteiger partial charge < -0.3 is 26.3 Å². The van der Waals surface area contributed by atoms with E-state index >= 15 is 0 Å². The van der Waals surface area contributed by atoms with Crippen LogP contribution >= 0.6 is 0 Å². The van der Waals surface area contributed by atoms with Gasteiger partial charge in [0.2, 0.25) is 17.7 Å². The van der Waals surface area contributed by atoms with Crippen LogP contribution in [-0.2, 0) is 20.8 Å². The van der Waals surface area contributed by atoms with Crippen LogP contribution in [0.15, 0.2) is 31.5 Å². The first-order chi connectivity index (χ1) is 15.7. The normalized spacial score (nSPS) is 18.6. The number of hydrogen-bond donors (Lipinski definition) is 4. The number of allylic oxidation sites excluding steroid dienone is 2. The van der Waals surface area contributed by atoms with Crippen LogP contribution < -0.4 is 16.4 Å². The molecule has 1 aliphatic rings. The molecule has 0 unspecified atom stereocenters. The highest BCUT2D eigenvalue weighted by atomic mass is 16.2. The Hall–Kier alpha value is -2.87. The molecule has 33 heavy (non-hydrogen) atoms. The topological polar surface area (TPSA) is 120 Å². The van der Waals surface area contributed by atoms with Gasteiger partial charge in [-0.3, -0.25) is 14.4 Å². The Morgan fingerprint density at radius 2 is 1.97 bits per heavy atom. The number of nitrogens with two attached hydrogens (primary N) is 1. The van der Waals surface area contributed by atoms with Crippen LogP contribution in [0.25, 0.3) is 0 Å². The van der Waals surface area contributed by atoms with E-state index in [0.29, 0.717) is 13.0 Å². The highest BCUT2D eigenvalue weighted by Crippen LogP contribution is 2.25. The zero-order chi connectivity index (χ0) is 25.0. The van der Waals surface area contributed by atoms with Crippen molar-refractivity contribution in [3.8, 4) is 0 Å². The Morgan fingerprint density at radius 1 is 1.30 bits per heavy atom. The van der Waals surface area contributed by atoms with Crippen molar-refractivity contribution < 1.29 is 14.4 Å². The fraction of sp³-hybridized carbons (Fsp3) is 0.560. The minimum absolute atomic E-state index is 0.00819. The van der Waals surface area contributed by atoms with E-state index in [-0.39, 0.29) is 30.3 Å². The molecule has 8 heteroatoms. The Balaban J connectivity index is 0.00000125. The second-order valence-corrected chi connectivity index (χ2v) is 8.34. The van der Waals surface area contributed by atoms with Gasteiger partial charge in [-0.15, -0.1) is 0 Å². The highest BCUT2D eigenvalue weighted by molar-refractivity contribution is 5.93. The second kappa shape index (κ2) is 14.3. The van der Waals surface area contributed by atoms with Gasteiger partial charge in [0.05, 0.1) is 6.54 Å². The molecule has 3 atom stereocenters. The Labute approximate surface area is 198 Å². The van der Waals surface area contributed by atoms with E-state index in [9.17, 15) is 14.4 Å². The number of likely N-dealkylation sites (tertiary alicyclic amines) is 1. The molecule has 0 aromatic carbocycles. The summed E-state index contributed by atoms with van der Waals surface area (Å²) in [6.07, 6.45) is 9.07. The van der Waals surface area contributed by atoms with Gasteiger partial charge in [0, 0.05) is 24.5 Å². The number of aryl methyl sites for hydroxylation is 1. The van der Waals surface area contributed by atoms with Crippen molar-refractivity contribution in [1.29, 1.82) is 0 Å². The number of piperidine rings is 1. The predicted octanol–water partition coefficient (Wildman–Crippen LogP) is 2.27. The van der Waals surface area contributed by atoms with Gasteiger partial charge in [-0.2, -0.15) is 0 Å². The van der Waals surface area contributed by atoms with Crippen LogP contribution in [0, 0.1) is 13.8 Å². The van der Waals surface area contributed by atoms with E-state index in [4.69, 9.17) is 5.73 Å². The number of carbonyl (C=O) groups excluding carboxylic acids is 3. The Morgan fingerprint density at radius 3 is 2.48 bits per heavy atom. The maximum absolute atomic E-state index is 13.0. The summed E-state index contributed by atoms with van der Waals surface area (Å²) in [5, 5.41) is 5.65. The monoisotopic (exact) mass is 459 g/mol. The minimum Gasteiger partial charge on any atom is -0.365 e. The molecule has 0 spiro atoms. The second-order valence-electron chi connectivity index (χ2n) is 8.34. The first-order valence-electron chi connectivity index (χ1n) is 11.7. The largest absolute Gasteiger partial charge is 0.365 e. The number of aromatic nitrogens is 1. The van der Waals surface area contributed by atoms with Crippen molar-refractivity contribution in [1.82, 2.24) is 20.5 Å². The van der Waals surface area contributed by atoms with Crippen LogP contribution in [0.5, 0.6) is 0 Å². The molecule has 5 N–H and O–H groups in total. The van der Waals surface area contributed by atoms with Crippen LogP contribution in [0.1, 0.15) is 56.4 Å². The molecule has 184 valence electrons. The van der Waals surface area contributed by atoms with Gasteiger partial charge in [-0.1, -0.05) is 38.7 Å². The molecule has 0 radical (unpaired) electrons. The predicted molar refractivity (Wildman–Crippen MR) is 133 cm³/mol. The van der Waals surface area contributed by atoms with E-state index in [2.05, 4.69) is 42.6 Å². The van der Waals surface area contributed by atoms with Gasteiger partial charge >= 0.3 is 0 Å². The molecule has 1 fully saturated rings. The van der Waals surface area contributed by atoms with Crippen molar-refractivity contribution in [2.24, 2.45) is 5.73 Å². The lowest BCUT2D eigenvalue weighted by molar-refractivity contribution is -0.148. The average Bonchev–Trinajstić information content (AvgIpc) is 3.13. The lowest BCUT2D eigenvalue weighted by Crippen LogP contribution is -2.61. The fourth-order valence-electron chi connectivity index (χ4n) is 4.00. The van der Waals surface area contributed by atoms with Gasteiger partial charge in [-0.05, 0) is 57.6 Å². The number of nitrogens with zero attached hydrogens (tertiary/aromatic N) is 1. The molecular formula is C25H41N5O3. The molecule has 0 aliphatic carbocycles. The summed E-state index contributed by atoms with van der Waals surface area (Å²) in [6, 6.07) is -1.19. The highest BCUT2D eigenvalue weighted by Gasteiger charge is 2.40. The summed E-state index contributed by atoms with van der Waals surface area (Å²) in [7, 11) is 0. The molecule has 2 heterocycles. The Bertz CT molecular complexity index is 811. The average molecular weight is 460 g/mol. The molecule has 1 aliphatic heterocycles. The van der Waals surface area contributed by atoms with E-state index < -0.39 is 12.1 Å². The van der Waals surface area contributed by atoms with Crippen molar-refractivity contribution >= 4 is 17.7 Å². The molecule has 0 saturated carbocycles. The molecule has 8 nitrogen and oxygen atoms in total. The summed E-state index contributed by atoms with van der Waals surface area (Å²) in [4.78, 5) is 42.3. The SMILES string of the molecule is C=CC=C.CCC[C@@H]1CC[C@H](NC(=O)CN)C(=O)N1[C@@H](C)C(=O)NCCc1c[nH]c(C)c1C. The van der Waals surface area contributed by atoms with Gasteiger partial charge in [-0.25, -0.2) is 0 Å². The number of carbonyl (C=O) groups is 3. The van der Waals surface area contributed by atoms with Crippen LogP contribution in [0.3, 0.4) is 0 Å². The number of aromatic amines is 1. The zero-order valence-corrected chi connectivity index (χ0v) is 20.6. The molecule has 0 bridgehead atoms. The molecule has 3 amide bonds. The van der Waals surface area contributed by atoms with Crippen molar-refractivity contribution in [3.05, 3.63) is 48.3 Å². The maximum Gasteiger partial charge on any atom is 0.246 e. The van der Waals surface area contributed by atoms with E-state index in [1.807, 2.05) is 13.1 Å². The standard InChI is InChI=1S/C21H35N5O3.C4H6/c1-5-6-17-7-8-18(25-19(27)11-22)21(29)26(17)15(4)20(28)23-10-9-16-12-24-14(3)13(16)2;1-3-4-2/h12,15,17-18,24H,5-11,22H2,1-4H3,(H,23,28)(H,25,27);3-4H,1-2H2/t15-,17+,18-;/m0./s1. The van der Waals surface area contributed by atoms with Gasteiger partial charge in [0.25, 0.3) is 0 Å². The summed E-state index contributed by atoms with van der Waals surface area (Å²) in [6.45, 7) is 15.0. The molecule has 1 aromatic rings. The van der Waals surface area contributed by atoms with Crippen LogP contribution in [0.2, 0.25) is 0 Å². The summed E-state index contributed by atoms with van der Waals surface area (Å²) >= 11 is 0. The van der Waals surface area contributed by atoms with E-state index in [0.717, 1.165) is 31.4 Å². The van der Waals surface area contributed by atoms with E-state index in [1.165, 1.54) is 11.1 Å². The van der Waals surface area contributed by atoms with Crippen LogP contribution in [-0.4, -0.2) is 58.8 Å². The third-order valence-corrected chi connectivity index (χ3v) is 6.04. The molecular weight excluding hydrogens is 418 g/mol. The number of H-pyrrole nitrogens is 1. The third kappa shape index (κ3) is 8.20. The van der Waals surface area contributed by atoms with Crippen molar-refractivity contribution in [2.45, 2.75) is 77.9 Å². The van der Waals surface area contributed by atoms with E-state index in [1.54, 1.807) is 24.0 Å².